The summed E-state index contributed by atoms with van der Waals surface area (Å²) in [5.41, 5.74) is 6.74. The van der Waals surface area contributed by atoms with Gasteiger partial charge in [-0.05, 0) is 72.7 Å². The summed E-state index contributed by atoms with van der Waals surface area (Å²) >= 11 is 0. The highest BCUT2D eigenvalue weighted by atomic mass is 16.8. The number of nitrogens with zero attached hydrogens (tertiary/aromatic N) is 5. The predicted octanol–water partition coefficient (Wildman–Crippen LogP) is 7.70. The van der Waals surface area contributed by atoms with Crippen LogP contribution in [0.4, 0.5) is 22.7 Å². The third-order valence-corrected chi connectivity index (χ3v) is 9.75. The second kappa shape index (κ2) is 12.0. The van der Waals surface area contributed by atoms with E-state index >= 15 is 0 Å². The summed E-state index contributed by atoms with van der Waals surface area (Å²) in [5.74, 6) is 0. The molecule has 2 aliphatic heterocycles. The summed E-state index contributed by atoms with van der Waals surface area (Å²) in [6.45, 7) is 4.66. The van der Waals surface area contributed by atoms with Crippen LogP contribution in [0.15, 0.2) is 113 Å². The summed E-state index contributed by atoms with van der Waals surface area (Å²) in [6, 6.07) is 35.6. The molecule has 0 aromatic heterocycles. The van der Waals surface area contributed by atoms with Gasteiger partial charge in [-0.2, -0.15) is 0 Å². The standard InChI is InChI=1S/C36H38N5O3/c1-43-36(30-7-3-2-4-8-30)21-19-32(20-22-36)40-25-23-39(24-26-40)31-15-11-28(12-16-31)29-13-17-33(18-14-29)41(44-27-42)35-10-6-5-9-34(35)37-38-41/h2-18,27,32H,19-26H2,1H3/q+1. The molecule has 4 aromatic rings. The van der Waals surface area contributed by atoms with E-state index in [1.807, 2.05) is 55.6 Å². The quantitative estimate of drug-likeness (QED) is 0.156. The Morgan fingerprint density at radius 2 is 1.43 bits per heavy atom. The van der Waals surface area contributed by atoms with Gasteiger partial charge in [0.15, 0.2) is 5.69 Å². The Morgan fingerprint density at radius 1 is 0.795 bits per heavy atom. The molecule has 4 aromatic carbocycles. The van der Waals surface area contributed by atoms with Crippen LogP contribution in [0.5, 0.6) is 0 Å². The monoisotopic (exact) mass is 588 g/mol. The fourth-order valence-electron chi connectivity index (χ4n) is 7.21. The van der Waals surface area contributed by atoms with Crippen molar-refractivity contribution >= 4 is 29.2 Å². The van der Waals surface area contributed by atoms with Gasteiger partial charge in [0.25, 0.3) is 0 Å². The molecule has 0 radical (unpaired) electrons. The number of carbonyl (C=O) groups excluding carboxylic acids is 1. The molecular formula is C36H38N5O3+. The lowest BCUT2D eigenvalue weighted by Crippen LogP contribution is -2.52. The summed E-state index contributed by atoms with van der Waals surface area (Å²) in [5, 5.41) is 8.55. The number of piperazine rings is 1. The molecule has 44 heavy (non-hydrogen) atoms. The van der Waals surface area contributed by atoms with Gasteiger partial charge in [-0.25, -0.2) is 9.63 Å². The van der Waals surface area contributed by atoms with Gasteiger partial charge in [-0.1, -0.05) is 59.7 Å². The fourth-order valence-corrected chi connectivity index (χ4v) is 7.21. The van der Waals surface area contributed by atoms with E-state index in [-0.39, 0.29) is 5.60 Å². The maximum Gasteiger partial charge on any atom is 0.360 e. The molecule has 0 amide bonds. The van der Waals surface area contributed by atoms with Crippen LogP contribution in [0.2, 0.25) is 0 Å². The van der Waals surface area contributed by atoms with Crippen molar-refractivity contribution in [3.63, 3.8) is 0 Å². The number of methoxy groups -OCH3 is 1. The molecule has 0 bridgehead atoms. The van der Waals surface area contributed by atoms with Crippen LogP contribution in [0.1, 0.15) is 31.2 Å². The van der Waals surface area contributed by atoms with Crippen molar-refractivity contribution in [3.8, 4) is 11.1 Å². The Balaban J connectivity index is 0.971. The molecule has 0 spiro atoms. The van der Waals surface area contributed by atoms with Crippen molar-refractivity contribution in [1.82, 2.24) is 9.66 Å². The normalized spacial score (nSPS) is 25.0. The molecule has 0 N–H and O–H groups in total. The zero-order valence-corrected chi connectivity index (χ0v) is 25.1. The van der Waals surface area contributed by atoms with Gasteiger partial charge in [0.1, 0.15) is 0 Å². The van der Waals surface area contributed by atoms with Gasteiger partial charge >= 0.3 is 6.47 Å². The van der Waals surface area contributed by atoms with Crippen LogP contribution in [0.3, 0.4) is 0 Å². The van der Waals surface area contributed by atoms with Crippen molar-refractivity contribution in [2.45, 2.75) is 37.3 Å². The first-order valence-electron chi connectivity index (χ1n) is 15.5. The van der Waals surface area contributed by atoms with Crippen molar-refractivity contribution in [1.29, 1.82) is 0 Å². The number of hydrogen-bond donors (Lipinski definition) is 0. The minimum Gasteiger partial charge on any atom is -0.374 e. The molecule has 7 rings (SSSR count). The summed E-state index contributed by atoms with van der Waals surface area (Å²) in [4.78, 5) is 22.1. The molecule has 1 atom stereocenters. The van der Waals surface area contributed by atoms with Crippen molar-refractivity contribution < 1.29 is 14.4 Å². The van der Waals surface area contributed by atoms with Gasteiger partial charge in [0, 0.05) is 63.2 Å². The Kier molecular flexibility index (Phi) is 7.72. The van der Waals surface area contributed by atoms with E-state index in [1.165, 1.54) is 24.1 Å². The van der Waals surface area contributed by atoms with Gasteiger partial charge in [0.2, 0.25) is 11.4 Å². The predicted molar refractivity (Wildman–Crippen MR) is 173 cm³/mol. The van der Waals surface area contributed by atoms with Crippen LogP contribution < -0.4 is 9.66 Å². The summed E-state index contributed by atoms with van der Waals surface area (Å²) in [7, 11) is 1.87. The molecule has 8 nitrogen and oxygen atoms in total. The third-order valence-electron chi connectivity index (χ3n) is 9.75. The van der Waals surface area contributed by atoms with Gasteiger partial charge < -0.3 is 9.64 Å². The molecule has 1 unspecified atom stereocenters. The second-order valence-electron chi connectivity index (χ2n) is 11.9. The minimum absolute atomic E-state index is 0.140. The Hall–Kier alpha value is -4.37. The van der Waals surface area contributed by atoms with E-state index in [4.69, 9.17) is 9.57 Å². The first-order chi connectivity index (χ1) is 21.6. The molecule has 8 heteroatoms. The highest BCUT2D eigenvalue weighted by Gasteiger charge is 2.45. The zero-order valence-electron chi connectivity index (χ0n) is 25.1. The van der Waals surface area contributed by atoms with Gasteiger partial charge in [-0.15, -0.1) is 0 Å². The lowest BCUT2D eigenvalue weighted by molar-refractivity contribution is -0.156. The van der Waals surface area contributed by atoms with Crippen LogP contribution in [0.25, 0.3) is 11.1 Å². The van der Waals surface area contributed by atoms with E-state index in [0.717, 1.165) is 50.1 Å². The zero-order chi connectivity index (χ0) is 30.0. The van der Waals surface area contributed by atoms with Gasteiger partial charge in [0.05, 0.1) is 15.6 Å². The Morgan fingerprint density at radius 3 is 2.09 bits per heavy atom. The second-order valence-corrected chi connectivity index (χ2v) is 11.9. The van der Waals surface area contributed by atoms with Crippen LogP contribution in [-0.2, 0) is 20.0 Å². The smallest absolute Gasteiger partial charge is 0.360 e. The van der Waals surface area contributed by atoms with Crippen LogP contribution in [-0.4, -0.2) is 50.7 Å². The average molecular weight is 589 g/mol. The molecule has 3 aliphatic rings. The first-order valence-corrected chi connectivity index (χ1v) is 15.5. The lowest BCUT2D eigenvalue weighted by atomic mass is 9.77. The number of carbonyl (C=O) groups is 1. The SMILES string of the molecule is COC1(c2ccccc2)CCC(N2CCN(c3ccc(-c4ccc([N+]5(OC=O)N=Nc6ccccc65)cc4)cc3)CC2)CC1. The summed E-state index contributed by atoms with van der Waals surface area (Å²) in [6.07, 6.45) is 4.49. The Labute approximate surface area is 258 Å². The summed E-state index contributed by atoms with van der Waals surface area (Å²) < 4.78 is 5.69. The highest BCUT2D eigenvalue weighted by molar-refractivity contribution is 5.74. The lowest BCUT2D eigenvalue weighted by Gasteiger charge is -2.46. The van der Waals surface area contributed by atoms with Crippen LogP contribution in [0, 0.1) is 0 Å². The number of hydrogen-bond acceptors (Lipinski definition) is 7. The molecule has 1 saturated carbocycles. The molecule has 2 heterocycles. The number of anilines is 1. The number of ether oxygens (including phenoxy) is 1. The van der Waals surface area contributed by atoms with Gasteiger partial charge in [-0.3, -0.25) is 4.90 Å². The first kappa shape index (κ1) is 28.4. The molecule has 2 fully saturated rings. The molecule has 1 aliphatic carbocycles. The minimum atomic E-state index is -0.425. The van der Waals surface area contributed by atoms with E-state index in [1.54, 1.807) is 0 Å². The molecular weight excluding hydrogens is 550 g/mol. The van der Waals surface area contributed by atoms with Crippen molar-refractivity contribution in [3.05, 3.63) is 109 Å². The largest absolute Gasteiger partial charge is 0.374 e. The fraction of sp³-hybridized carbons (Fsp3) is 0.306. The number of fused-ring (bicyclic) bond motifs is 1. The number of quaternary nitrogens is 1. The third kappa shape index (κ3) is 5.09. The number of para-hydroxylation sites is 1. The maximum absolute atomic E-state index is 11.4. The van der Waals surface area contributed by atoms with Crippen LogP contribution >= 0.6 is 0 Å². The van der Waals surface area contributed by atoms with E-state index in [0.29, 0.717) is 29.6 Å². The average Bonchev–Trinajstić information content (AvgIpc) is 3.48. The molecule has 224 valence electrons. The topological polar surface area (TPSA) is 66.7 Å². The number of rotatable bonds is 8. The maximum atomic E-state index is 11.4. The molecule has 1 saturated heterocycles. The van der Waals surface area contributed by atoms with Crippen molar-refractivity contribution in [2.24, 2.45) is 10.3 Å². The van der Waals surface area contributed by atoms with E-state index in [9.17, 15) is 4.79 Å². The van der Waals surface area contributed by atoms with E-state index < -0.39 is 4.76 Å². The Bertz CT molecular complexity index is 1610. The van der Waals surface area contributed by atoms with Crippen molar-refractivity contribution in [2.75, 3.05) is 38.2 Å². The highest BCUT2D eigenvalue weighted by Crippen LogP contribution is 2.47. The number of benzene rings is 4. The van der Waals surface area contributed by atoms with E-state index in [2.05, 4.69) is 74.7 Å².